The molecule has 7 heteroatoms. The van der Waals surface area contributed by atoms with Crippen molar-refractivity contribution in [2.24, 2.45) is 0 Å². The Morgan fingerprint density at radius 2 is 1.62 bits per heavy atom. The number of rotatable bonds is 6. The van der Waals surface area contributed by atoms with Gasteiger partial charge in [0.2, 0.25) is 0 Å². The van der Waals surface area contributed by atoms with E-state index in [1.807, 2.05) is 31.2 Å². The maximum atomic E-state index is 12.2. The molecule has 0 saturated heterocycles. The molecule has 6 nitrogen and oxygen atoms in total. The quantitative estimate of drug-likeness (QED) is 0.559. The fraction of sp³-hybridized carbons (Fsp3) is 0.136. The van der Waals surface area contributed by atoms with Crippen LogP contribution in [0.4, 0.5) is 10.5 Å². The number of halogens is 1. The summed E-state index contributed by atoms with van der Waals surface area (Å²) in [5, 5.41) is 9.18. The molecular formula is C22H21ClN4O2. The van der Waals surface area contributed by atoms with Gasteiger partial charge in [0.1, 0.15) is 0 Å². The molecule has 0 radical (unpaired) electrons. The van der Waals surface area contributed by atoms with Crippen molar-refractivity contribution in [2.75, 3.05) is 5.32 Å². The third-order valence-corrected chi connectivity index (χ3v) is 4.58. The summed E-state index contributed by atoms with van der Waals surface area (Å²) in [6.07, 6.45) is 3.16. The number of nitrogens with one attached hydrogen (secondary N) is 3. The molecule has 0 aliphatic heterocycles. The highest BCUT2D eigenvalue weighted by molar-refractivity contribution is 6.30. The Kier molecular flexibility index (Phi) is 6.81. The molecule has 3 N–H and O–H groups in total. The summed E-state index contributed by atoms with van der Waals surface area (Å²) in [5.74, 6) is -0.163. The number of carbonyl (C=O) groups is 2. The Labute approximate surface area is 174 Å². The lowest BCUT2D eigenvalue weighted by atomic mass is 10.1. The Balaban J connectivity index is 1.50. The van der Waals surface area contributed by atoms with Crippen LogP contribution in [0.3, 0.4) is 0 Å². The average molecular weight is 409 g/mol. The van der Waals surface area contributed by atoms with Gasteiger partial charge in [0.05, 0.1) is 6.04 Å². The summed E-state index contributed by atoms with van der Waals surface area (Å²) in [7, 11) is 0. The minimum absolute atomic E-state index is 0.163. The van der Waals surface area contributed by atoms with Crippen LogP contribution in [-0.2, 0) is 6.54 Å². The molecule has 3 rings (SSSR count). The molecule has 0 aliphatic carbocycles. The first kappa shape index (κ1) is 20.4. The number of pyridine rings is 1. The van der Waals surface area contributed by atoms with Crippen molar-refractivity contribution >= 4 is 29.2 Å². The van der Waals surface area contributed by atoms with Crippen LogP contribution in [0.2, 0.25) is 5.02 Å². The van der Waals surface area contributed by atoms with Gasteiger partial charge in [-0.15, -0.1) is 0 Å². The number of amides is 3. The summed E-state index contributed by atoms with van der Waals surface area (Å²) in [6.45, 7) is 2.31. The minimum atomic E-state index is -0.299. The van der Waals surface area contributed by atoms with E-state index in [0.717, 1.165) is 11.1 Å². The lowest BCUT2D eigenvalue weighted by Gasteiger charge is -2.15. The van der Waals surface area contributed by atoms with Crippen molar-refractivity contribution in [1.29, 1.82) is 0 Å². The summed E-state index contributed by atoms with van der Waals surface area (Å²) in [4.78, 5) is 28.2. The number of nitrogens with zero attached hydrogens (tertiary/aromatic N) is 1. The lowest BCUT2D eigenvalue weighted by molar-refractivity contribution is 0.0939. The zero-order valence-electron chi connectivity index (χ0n) is 15.9. The molecule has 0 bridgehead atoms. The predicted octanol–water partition coefficient (Wildman–Crippen LogP) is 4.55. The Morgan fingerprint density at radius 3 is 2.28 bits per heavy atom. The Hall–Kier alpha value is -3.38. The van der Waals surface area contributed by atoms with Gasteiger partial charge in [-0.1, -0.05) is 35.9 Å². The standard InChI is InChI=1S/C22H21ClN4O2/c1-15(26-21(28)18-10-12-24-13-11-18)17-4-8-20(9-5-17)27-22(29)25-14-16-2-6-19(23)7-3-16/h2-13,15H,14H2,1H3,(H,26,28)(H2,25,27,29)/t15-/m0/s1. The predicted molar refractivity (Wildman–Crippen MR) is 114 cm³/mol. The first-order chi connectivity index (χ1) is 14.0. The van der Waals surface area contributed by atoms with E-state index in [4.69, 9.17) is 11.6 Å². The number of aromatic nitrogens is 1. The smallest absolute Gasteiger partial charge is 0.319 e. The first-order valence-corrected chi connectivity index (χ1v) is 9.49. The van der Waals surface area contributed by atoms with Crippen LogP contribution >= 0.6 is 11.6 Å². The van der Waals surface area contributed by atoms with E-state index >= 15 is 0 Å². The highest BCUT2D eigenvalue weighted by Crippen LogP contribution is 2.17. The summed E-state index contributed by atoms with van der Waals surface area (Å²) in [6, 6.07) is 17.5. The number of hydrogen-bond acceptors (Lipinski definition) is 3. The fourth-order valence-corrected chi connectivity index (χ4v) is 2.81. The molecule has 148 valence electrons. The van der Waals surface area contributed by atoms with E-state index in [-0.39, 0.29) is 18.0 Å². The van der Waals surface area contributed by atoms with Gasteiger partial charge >= 0.3 is 6.03 Å². The third kappa shape index (κ3) is 6.05. The number of anilines is 1. The molecule has 0 saturated carbocycles. The normalized spacial score (nSPS) is 11.4. The van der Waals surface area contributed by atoms with Crippen LogP contribution in [0, 0.1) is 0 Å². The Morgan fingerprint density at radius 1 is 0.966 bits per heavy atom. The maximum Gasteiger partial charge on any atom is 0.319 e. The molecule has 1 heterocycles. The first-order valence-electron chi connectivity index (χ1n) is 9.11. The maximum absolute atomic E-state index is 12.2. The van der Waals surface area contributed by atoms with Crippen molar-refractivity contribution in [3.63, 3.8) is 0 Å². The van der Waals surface area contributed by atoms with Crippen molar-refractivity contribution in [2.45, 2.75) is 19.5 Å². The van der Waals surface area contributed by atoms with Gasteiger partial charge in [0.25, 0.3) is 5.91 Å². The van der Waals surface area contributed by atoms with Crippen molar-refractivity contribution in [3.8, 4) is 0 Å². The third-order valence-electron chi connectivity index (χ3n) is 4.32. The molecule has 0 aliphatic rings. The molecule has 1 atom stereocenters. The molecule has 0 unspecified atom stereocenters. The second-order valence-electron chi connectivity index (χ2n) is 6.49. The molecular weight excluding hydrogens is 388 g/mol. The topological polar surface area (TPSA) is 83.1 Å². The van der Waals surface area contributed by atoms with E-state index in [2.05, 4.69) is 20.9 Å². The summed E-state index contributed by atoms with van der Waals surface area (Å²) in [5.41, 5.74) is 3.11. The largest absolute Gasteiger partial charge is 0.346 e. The van der Waals surface area contributed by atoms with Gasteiger partial charge in [-0.3, -0.25) is 9.78 Å². The van der Waals surface area contributed by atoms with Gasteiger partial charge < -0.3 is 16.0 Å². The molecule has 2 aromatic carbocycles. The summed E-state index contributed by atoms with van der Waals surface area (Å²) < 4.78 is 0. The van der Waals surface area contributed by atoms with Gasteiger partial charge in [-0.05, 0) is 54.4 Å². The van der Waals surface area contributed by atoms with Crippen LogP contribution in [0.5, 0.6) is 0 Å². The minimum Gasteiger partial charge on any atom is -0.346 e. The lowest BCUT2D eigenvalue weighted by Crippen LogP contribution is -2.28. The zero-order valence-corrected chi connectivity index (χ0v) is 16.6. The van der Waals surface area contributed by atoms with E-state index in [1.165, 1.54) is 0 Å². The average Bonchev–Trinajstić information content (AvgIpc) is 2.74. The van der Waals surface area contributed by atoms with Crippen molar-refractivity contribution < 1.29 is 9.59 Å². The highest BCUT2D eigenvalue weighted by atomic mass is 35.5. The molecule has 3 amide bonds. The molecule has 0 fully saturated rings. The second-order valence-corrected chi connectivity index (χ2v) is 6.92. The van der Waals surface area contributed by atoms with Gasteiger partial charge in [0, 0.05) is 35.2 Å². The van der Waals surface area contributed by atoms with Crippen LogP contribution in [0.15, 0.2) is 73.1 Å². The molecule has 3 aromatic rings. The van der Waals surface area contributed by atoms with Crippen LogP contribution in [0.1, 0.15) is 34.5 Å². The second kappa shape index (κ2) is 9.71. The van der Waals surface area contributed by atoms with Gasteiger partial charge in [0.15, 0.2) is 0 Å². The zero-order chi connectivity index (χ0) is 20.6. The fourth-order valence-electron chi connectivity index (χ4n) is 2.68. The number of urea groups is 1. The number of benzene rings is 2. The van der Waals surface area contributed by atoms with Gasteiger partial charge in [-0.2, -0.15) is 0 Å². The summed E-state index contributed by atoms with van der Waals surface area (Å²) >= 11 is 5.85. The van der Waals surface area contributed by atoms with Crippen molar-refractivity contribution in [1.82, 2.24) is 15.6 Å². The monoisotopic (exact) mass is 408 g/mol. The van der Waals surface area contributed by atoms with Gasteiger partial charge in [-0.25, -0.2) is 4.79 Å². The molecule has 29 heavy (non-hydrogen) atoms. The van der Waals surface area contributed by atoms with E-state index < -0.39 is 0 Å². The van der Waals surface area contributed by atoms with E-state index in [1.54, 1.807) is 48.8 Å². The number of carbonyl (C=O) groups excluding carboxylic acids is 2. The van der Waals surface area contributed by atoms with Crippen molar-refractivity contribution in [3.05, 3.63) is 94.8 Å². The van der Waals surface area contributed by atoms with E-state index in [9.17, 15) is 9.59 Å². The molecule has 0 spiro atoms. The van der Waals surface area contributed by atoms with Crippen LogP contribution in [0.25, 0.3) is 0 Å². The molecule has 1 aromatic heterocycles. The highest BCUT2D eigenvalue weighted by Gasteiger charge is 2.11. The van der Waals surface area contributed by atoms with E-state index in [0.29, 0.717) is 22.8 Å². The Bertz CT molecular complexity index is 960. The van der Waals surface area contributed by atoms with Crippen LogP contribution < -0.4 is 16.0 Å². The SMILES string of the molecule is C[C@H](NC(=O)c1ccncc1)c1ccc(NC(=O)NCc2ccc(Cl)cc2)cc1. The number of hydrogen-bond donors (Lipinski definition) is 3. The van der Waals surface area contributed by atoms with Crippen LogP contribution in [-0.4, -0.2) is 16.9 Å².